The molecule has 0 aliphatic carbocycles. The van der Waals surface area contributed by atoms with Gasteiger partial charge in [-0.25, -0.2) is 4.39 Å². The van der Waals surface area contributed by atoms with Crippen molar-refractivity contribution in [1.29, 1.82) is 0 Å². The number of benzene rings is 1. The fourth-order valence-corrected chi connectivity index (χ4v) is 3.51. The highest BCUT2D eigenvalue weighted by atomic mass is 19.1. The number of hydrogen-bond donors (Lipinski definition) is 0. The maximum Gasteiger partial charge on any atom is 0.231 e. The number of piperidine rings is 1. The maximum atomic E-state index is 13.4. The van der Waals surface area contributed by atoms with Crippen molar-refractivity contribution in [3.8, 4) is 11.4 Å². The first-order valence-corrected chi connectivity index (χ1v) is 8.67. The molecule has 2 aromatic rings. The van der Waals surface area contributed by atoms with E-state index in [0.29, 0.717) is 37.0 Å². The van der Waals surface area contributed by atoms with Gasteiger partial charge in [0, 0.05) is 25.3 Å². The quantitative estimate of drug-likeness (QED) is 0.855. The molecule has 1 amide bonds. The number of likely N-dealkylation sites (tertiary alicyclic amines) is 1. The summed E-state index contributed by atoms with van der Waals surface area (Å²) >= 11 is 0. The third kappa shape index (κ3) is 3.42. The van der Waals surface area contributed by atoms with Crippen LogP contribution in [0.4, 0.5) is 4.39 Å². The molecule has 1 aromatic carbocycles. The molecule has 25 heavy (non-hydrogen) atoms. The molecule has 2 aliphatic heterocycles. The molecular formula is C18H20FN3O3. The lowest BCUT2D eigenvalue weighted by molar-refractivity contribution is -0.136. The molecule has 2 saturated heterocycles. The Labute approximate surface area is 145 Å². The van der Waals surface area contributed by atoms with E-state index < -0.39 is 0 Å². The molecular weight excluding hydrogens is 325 g/mol. The van der Waals surface area contributed by atoms with Crippen LogP contribution in [0.15, 0.2) is 28.8 Å². The average Bonchev–Trinajstić information content (AvgIpc) is 3.33. The van der Waals surface area contributed by atoms with E-state index >= 15 is 0 Å². The van der Waals surface area contributed by atoms with Crippen molar-refractivity contribution in [1.82, 2.24) is 15.0 Å². The minimum Gasteiger partial charge on any atom is -0.381 e. The van der Waals surface area contributed by atoms with Gasteiger partial charge in [0.25, 0.3) is 0 Å². The number of amides is 1. The summed E-state index contributed by atoms with van der Waals surface area (Å²) in [5.74, 6) is 0.713. The number of carbonyl (C=O) groups excluding carboxylic acids is 1. The molecule has 6 nitrogen and oxygen atoms in total. The highest BCUT2D eigenvalue weighted by Gasteiger charge is 2.33. The Morgan fingerprint density at radius 1 is 1.32 bits per heavy atom. The zero-order valence-corrected chi connectivity index (χ0v) is 13.9. The Bertz CT molecular complexity index is 758. The molecule has 3 heterocycles. The number of halogens is 1. The normalized spacial score (nSPS) is 23.8. The van der Waals surface area contributed by atoms with Crippen molar-refractivity contribution in [2.75, 3.05) is 26.3 Å². The van der Waals surface area contributed by atoms with Crippen molar-refractivity contribution in [2.24, 2.45) is 5.92 Å². The monoisotopic (exact) mass is 345 g/mol. The summed E-state index contributed by atoms with van der Waals surface area (Å²) in [5.41, 5.74) is 0.585. The van der Waals surface area contributed by atoms with Crippen molar-refractivity contribution in [2.45, 2.75) is 25.2 Å². The van der Waals surface area contributed by atoms with Gasteiger partial charge in [-0.2, -0.15) is 4.98 Å². The molecule has 132 valence electrons. The Balaban J connectivity index is 1.47. The van der Waals surface area contributed by atoms with Crippen LogP contribution in [0.5, 0.6) is 0 Å². The highest BCUT2D eigenvalue weighted by molar-refractivity contribution is 5.79. The molecule has 1 aromatic heterocycles. The first-order chi connectivity index (χ1) is 12.2. The third-order valence-corrected chi connectivity index (χ3v) is 4.89. The highest BCUT2D eigenvalue weighted by Crippen LogP contribution is 2.29. The summed E-state index contributed by atoms with van der Waals surface area (Å²) in [5, 5.41) is 3.97. The van der Waals surface area contributed by atoms with Gasteiger partial charge >= 0.3 is 0 Å². The Morgan fingerprint density at radius 3 is 3.04 bits per heavy atom. The Hall–Kier alpha value is -2.28. The van der Waals surface area contributed by atoms with Crippen LogP contribution in [0.2, 0.25) is 0 Å². The van der Waals surface area contributed by atoms with Crippen LogP contribution in [-0.2, 0) is 9.53 Å². The van der Waals surface area contributed by atoms with Crippen molar-refractivity contribution in [3.63, 3.8) is 0 Å². The Kier molecular flexibility index (Phi) is 4.48. The Morgan fingerprint density at radius 2 is 2.24 bits per heavy atom. The minimum absolute atomic E-state index is 0.0230. The molecule has 0 radical (unpaired) electrons. The summed E-state index contributed by atoms with van der Waals surface area (Å²) in [6.45, 7) is 2.52. The molecule has 0 bridgehead atoms. The lowest BCUT2D eigenvalue weighted by Gasteiger charge is -2.32. The number of rotatable bonds is 3. The van der Waals surface area contributed by atoms with Gasteiger partial charge in [-0.3, -0.25) is 4.79 Å². The number of hydrogen-bond acceptors (Lipinski definition) is 5. The molecule has 2 atom stereocenters. The molecule has 2 aliphatic rings. The van der Waals surface area contributed by atoms with Gasteiger partial charge in [-0.05, 0) is 31.4 Å². The van der Waals surface area contributed by atoms with Crippen LogP contribution in [0.3, 0.4) is 0 Å². The smallest absolute Gasteiger partial charge is 0.231 e. The average molecular weight is 345 g/mol. The first-order valence-electron chi connectivity index (χ1n) is 8.67. The zero-order chi connectivity index (χ0) is 17.2. The second kappa shape index (κ2) is 6.92. The summed E-state index contributed by atoms with van der Waals surface area (Å²) in [6, 6.07) is 6.12. The number of aromatic nitrogens is 2. The molecule has 0 spiro atoms. The van der Waals surface area contributed by atoms with Crippen molar-refractivity contribution in [3.05, 3.63) is 36.0 Å². The van der Waals surface area contributed by atoms with Crippen molar-refractivity contribution < 1.29 is 18.4 Å². The van der Waals surface area contributed by atoms with E-state index in [1.165, 1.54) is 12.1 Å². The van der Waals surface area contributed by atoms with E-state index in [1.54, 1.807) is 12.1 Å². The molecule has 4 rings (SSSR count). The topological polar surface area (TPSA) is 68.5 Å². The predicted octanol–water partition coefficient (Wildman–Crippen LogP) is 2.62. The summed E-state index contributed by atoms with van der Waals surface area (Å²) in [4.78, 5) is 18.9. The molecule has 0 saturated carbocycles. The first kappa shape index (κ1) is 16.2. The SMILES string of the molecule is O=C(C1CCOC1)N1CCCC(c2nc(-c3cccc(F)c3)no2)C1. The van der Waals surface area contributed by atoms with Gasteiger partial charge in [0.15, 0.2) is 0 Å². The fourth-order valence-electron chi connectivity index (χ4n) is 3.51. The second-order valence-corrected chi connectivity index (χ2v) is 6.65. The predicted molar refractivity (Wildman–Crippen MR) is 87.2 cm³/mol. The minimum atomic E-state index is -0.336. The summed E-state index contributed by atoms with van der Waals surface area (Å²) < 4.78 is 24.1. The third-order valence-electron chi connectivity index (χ3n) is 4.89. The van der Waals surface area contributed by atoms with Crippen LogP contribution >= 0.6 is 0 Å². The van der Waals surface area contributed by atoms with E-state index in [-0.39, 0.29) is 23.6 Å². The number of ether oxygens (including phenoxy) is 1. The van der Waals surface area contributed by atoms with Gasteiger partial charge in [0.1, 0.15) is 5.82 Å². The van der Waals surface area contributed by atoms with Crippen LogP contribution < -0.4 is 0 Å². The standard InChI is InChI=1S/C18H20FN3O3/c19-15-5-1-3-12(9-15)16-20-17(25-21-16)13-4-2-7-22(10-13)18(23)14-6-8-24-11-14/h1,3,5,9,13-14H,2,4,6-8,10-11H2. The molecule has 2 fully saturated rings. The maximum absolute atomic E-state index is 13.4. The van der Waals surface area contributed by atoms with E-state index in [9.17, 15) is 9.18 Å². The van der Waals surface area contributed by atoms with E-state index in [1.807, 2.05) is 4.90 Å². The lowest BCUT2D eigenvalue weighted by atomic mass is 9.96. The number of carbonyl (C=O) groups is 1. The number of nitrogens with zero attached hydrogens (tertiary/aromatic N) is 3. The van der Waals surface area contributed by atoms with Crippen LogP contribution in [0.1, 0.15) is 31.1 Å². The summed E-state index contributed by atoms with van der Waals surface area (Å²) in [6.07, 6.45) is 2.60. The van der Waals surface area contributed by atoms with Gasteiger partial charge < -0.3 is 14.2 Å². The van der Waals surface area contributed by atoms with Crippen LogP contribution in [0, 0.1) is 11.7 Å². The van der Waals surface area contributed by atoms with Gasteiger partial charge in [-0.15, -0.1) is 0 Å². The van der Waals surface area contributed by atoms with E-state index in [2.05, 4.69) is 10.1 Å². The molecule has 2 unspecified atom stereocenters. The zero-order valence-electron chi connectivity index (χ0n) is 13.9. The fraction of sp³-hybridized carbons (Fsp3) is 0.500. The summed E-state index contributed by atoms with van der Waals surface area (Å²) in [7, 11) is 0. The van der Waals surface area contributed by atoms with Gasteiger partial charge in [0.05, 0.1) is 18.4 Å². The van der Waals surface area contributed by atoms with E-state index in [0.717, 1.165) is 25.8 Å². The van der Waals surface area contributed by atoms with Crippen LogP contribution in [0.25, 0.3) is 11.4 Å². The second-order valence-electron chi connectivity index (χ2n) is 6.65. The van der Waals surface area contributed by atoms with Crippen LogP contribution in [-0.4, -0.2) is 47.3 Å². The molecule has 7 heteroatoms. The molecule has 0 N–H and O–H groups in total. The van der Waals surface area contributed by atoms with Crippen molar-refractivity contribution >= 4 is 5.91 Å². The van der Waals surface area contributed by atoms with Gasteiger partial charge in [-0.1, -0.05) is 17.3 Å². The van der Waals surface area contributed by atoms with Gasteiger partial charge in [0.2, 0.25) is 17.6 Å². The lowest BCUT2D eigenvalue weighted by Crippen LogP contribution is -2.42. The van der Waals surface area contributed by atoms with E-state index in [4.69, 9.17) is 9.26 Å². The largest absolute Gasteiger partial charge is 0.381 e.